The van der Waals surface area contributed by atoms with Crippen molar-refractivity contribution in [2.75, 3.05) is 6.54 Å². The molecule has 0 atom stereocenters. The molecular formula is C24H20BrCl2N3O. The molecule has 0 radical (unpaired) electrons. The Morgan fingerprint density at radius 2 is 1.87 bits per heavy atom. The monoisotopic (exact) mass is 515 g/mol. The first kappa shape index (κ1) is 21.9. The third-order valence-corrected chi connectivity index (χ3v) is 6.11. The summed E-state index contributed by atoms with van der Waals surface area (Å²) in [6.07, 6.45) is 1.51. The predicted molar refractivity (Wildman–Crippen MR) is 130 cm³/mol. The minimum atomic E-state index is -0.0808. The van der Waals surface area contributed by atoms with Crippen LogP contribution in [0.2, 0.25) is 10.0 Å². The molecule has 0 aliphatic carbocycles. The topological polar surface area (TPSA) is 46.9 Å². The second kappa shape index (κ2) is 9.86. The number of para-hydroxylation sites is 2. The number of amides is 1. The molecule has 4 rings (SSSR count). The van der Waals surface area contributed by atoms with Crippen molar-refractivity contribution >= 4 is 56.1 Å². The molecule has 0 spiro atoms. The second-order valence-corrected chi connectivity index (χ2v) is 8.97. The Morgan fingerprint density at radius 1 is 1.03 bits per heavy atom. The number of imidazole rings is 1. The molecule has 0 fully saturated rings. The van der Waals surface area contributed by atoms with E-state index in [0.29, 0.717) is 28.7 Å². The Hall–Kier alpha value is -2.34. The average Bonchev–Trinajstić information content (AvgIpc) is 3.10. The maximum absolute atomic E-state index is 12.3. The minimum Gasteiger partial charge on any atom is -0.352 e. The van der Waals surface area contributed by atoms with Gasteiger partial charge in [-0.3, -0.25) is 4.79 Å². The first-order chi connectivity index (χ1) is 15.0. The Balaban J connectivity index is 1.47. The van der Waals surface area contributed by atoms with Crippen molar-refractivity contribution in [3.63, 3.8) is 0 Å². The van der Waals surface area contributed by atoms with Crippen LogP contribution in [0.15, 0.2) is 71.2 Å². The Morgan fingerprint density at radius 3 is 2.68 bits per heavy atom. The second-order valence-electron chi connectivity index (χ2n) is 7.21. The van der Waals surface area contributed by atoms with Crippen LogP contribution in [0.3, 0.4) is 0 Å². The van der Waals surface area contributed by atoms with Crippen LogP contribution in [0.4, 0.5) is 0 Å². The van der Waals surface area contributed by atoms with Gasteiger partial charge in [0.25, 0.3) is 5.91 Å². The van der Waals surface area contributed by atoms with Crippen molar-refractivity contribution in [1.29, 1.82) is 0 Å². The van der Waals surface area contributed by atoms with Crippen LogP contribution in [0.1, 0.15) is 28.2 Å². The molecule has 0 bridgehead atoms. The fourth-order valence-corrected chi connectivity index (χ4v) is 4.36. The normalized spacial score (nSPS) is 11.1. The van der Waals surface area contributed by atoms with Crippen LogP contribution in [0.25, 0.3) is 11.0 Å². The van der Waals surface area contributed by atoms with Gasteiger partial charge in [0.2, 0.25) is 0 Å². The van der Waals surface area contributed by atoms with E-state index in [4.69, 9.17) is 28.2 Å². The van der Waals surface area contributed by atoms with Crippen LogP contribution >= 0.6 is 39.1 Å². The van der Waals surface area contributed by atoms with Gasteiger partial charge in [-0.25, -0.2) is 4.98 Å². The van der Waals surface area contributed by atoms with Crippen molar-refractivity contribution in [2.24, 2.45) is 0 Å². The van der Waals surface area contributed by atoms with Crippen LogP contribution < -0.4 is 5.32 Å². The maximum atomic E-state index is 12.3. The molecule has 0 aliphatic rings. The smallest absolute Gasteiger partial charge is 0.251 e. The highest BCUT2D eigenvalue weighted by atomic mass is 79.9. The predicted octanol–water partition coefficient (Wildman–Crippen LogP) is 6.52. The highest BCUT2D eigenvalue weighted by molar-refractivity contribution is 9.10. The van der Waals surface area contributed by atoms with E-state index in [2.05, 4.69) is 31.9 Å². The highest BCUT2D eigenvalue weighted by Gasteiger charge is 2.13. The number of fused-ring (bicyclic) bond motifs is 1. The molecule has 1 heterocycles. The number of rotatable bonds is 7. The van der Waals surface area contributed by atoms with Gasteiger partial charge >= 0.3 is 0 Å². The van der Waals surface area contributed by atoms with E-state index in [9.17, 15) is 4.79 Å². The number of nitrogens with zero attached hydrogens (tertiary/aromatic N) is 2. The molecule has 4 aromatic rings. The van der Waals surface area contributed by atoms with E-state index in [1.165, 1.54) is 0 Å². The molecule has 7 heteroatoms. The lowest BCUT2D eigenvalue weighted by Crippen LogP contribution is -2.25. The van der Waals surface area contributed by atoms with Crippen molar-refractivity contribution in [2.45, 2.75) is 19.4 Å². The van der Waals surface area contributed by atoms with E-state index in [1.54, 1.807) is 12.1 Å². The lowest BCUT2D eigenvalue weighted by Gasteiger charge is -2.11. The zero-order valence-corrected chi connectivity index (χ0v) is 19.7. The van der Waals surface area contributed by atoms with Gasteiger partial charge in [0.1, 0.15) is 5.82 Å². The Bertz CT molecular complexity index is 1240. The van der Waals surface area contributed by atoms with Crippen molar-refractivity contribution in [3.05, 3.63) is 98.2 Å². The Kier molecular flexibility index (Phi) is 6.96. The number of aryl methyl sites for hydroxylation is 1. The summed E-state index contributed by atoms with van der Waals surface area (Å²) in [5.41, 5.74) is 3.62. The summed E-state index contributed by atoms with van der Waals surface area (Å²) in [5.74, 6) is 0.881. The number of halogens is 3. The van der Waals surface area contributed by atoms with Crippen molar-refractivity contribution in [3.8, 4) is 0 Å². The first-order valence-corrected chi connectivity index (χ1v) is 11.5. The minimum absolute atomic E-state index is 0.0808. The lowest BCUT2D eigenvalue weighted by molar-refractivity contribution is 0.0953. The number of nitrogens with one attached hydrogen (secondary N) is 1. The van der Waals surface area contributed by atoms with Gasteiger partial charge in [-0.2, -0.15) is 0 Å². The quantitative estimate of drug-likeness (QED) is 0.284. The summed E-state index contributed by atoms with van der Waals surface area (Å²) < 4.78 is 3.07. The third-order valence-electron chi connectivity index (χ3n) is 5.03. The number of benzene rings is 3. The fourth-order valence-electron chi connectivity index (χ4n) is 3.49. The number of aromatic nitrogens is 2. The zero-order valence-electron chi connectivity index (χ0n) is 16.6. The number of carbonyl (C=O) groups is 1. The zero-order chi connectivity index (χ0) is 21.8. The summed E-state index contributed by atoms with van der Waals surface area (Å²) in [4.78, 5) is 17.2. The summed E-state index contributed by atoms with van der Waals surface area (Å²) in [6.45, 7) is 1.17. The summed E-state index contributed by atoms with van der Waals surface area (Å²) in [6, 6.07) is 21.0. The molecule has 0 saturated heterocycles. The van der Waals surface area contributed by atoms with E-state index in [1.807, 2.05) is 48.5 Å². The molecule has 31 heavy (non-hydrogen) atoms. The molecule has 0 saturated carbocycles. The number of hydrogen-bond acceptors (Lipinski definition) is 2. The molecule has 1 aromatic heterocycles. The van der Waals surface area contributed by atoms with Gasteiger partial charge in [-0.05, 0) is 54.4 Å². The molecule has 1 amide bonds. The van der Waals surface area contributed by atoms with Gasteiger partial charge in [0.15, 0.2) is 0 Å². The fraction of sp³-hybridized carbons (Fsp3) is 0.167. The largest absolute Gasteiger partial charge is 0.352 e. The van der Waals surface area contributed by atoms with E-state index in [-0.39, 0.29) is 5.91 Å². The highest BCUT2D eigenvalue weighted by Crippen LogP contribution is 2.25. The number of carbonyl (C=O) groups excluding carboxylic acids is 1. The summed E-state index contributed by atoms with van der Waals surface area (Å²) in [7, 11) is 0. The van der Waals surface area contributed by atoms with Gasteiger partial charge in [0.05, 0.1) is 17.6 Å². The van der Waals surface area contributed by atoms with E-state index in [0.717, 1.165) is 39.7 Å². The van der Waals surface area contributed by atoms with E-state index < -0.39 is 0 Å². The van der Waals surface area contributed by atoms with Gasteiger partial charge in [-0.1, -0.05) is 63.4 Å². The average molecular weight is 517 g/mol. The SMILES string of the molecule is O=C(NCCCc1nc2ccccc2n1Cc1ccc(Cl)cc1Cl)c1cccc(Br)c1. The van der Waals surface area contributed by atoms with Gasteiger partial charge < -0.3 is 9.88 Å². The van der Waals surface area contributed by atoms with Crippen LogP contribution in [-0.2, 0) is 13.0 Å². The molecule has 158 valence electrons. The van der Waals surface area contributed by atoms with Crippen LogP contribution in [0, 0.1) is 0 Å². The third kappa shape index (κ3) is 5.29. The summed E-state index contributed by atoms with van der Waals surface area (Å²) in [5, 5.41) is 4.24. The summed E-state index contributed by atoms with van der Waals surface area (Å²) >= 11 is 15.9. The molecular weight excluding hydrogens is 497 g/mol. The Labute approximate surface area is 199 Å². The van der Waals surface area contributed by atoms with E-state index >= 15 is 0 Å². The molecule has 0 unspecified atom stereocenters. The van der Waals surface area contributed by atoms with Gasteiger partial charge in [0, 0.05) is 33.0 Å². The molecule has 0 aliphatic heterocycles. The lowest BCUT2D eigenvalue weighted by atomic mass is 10.2. The molecule has 3 aromatic carbocycles. The maximum Gasteiger partial charge on any atom is 0.251 e. The molecule has 1 N–H and O–H groups in total. The van der Waals surface area contributed by atoms with Crippen molar-refractivity contribution in [1.82, 2.24) is 14.9 Å². The first-order valence-electron chi connectivity index (χ1n) is 9.93. The van der Waals surface area contributed by atoms with Crippen LogP contribution in [0.5, 0.6) is 0 Å². The molecule has 4 nitrogen and oxygen atoms in total. The van der Waals surface area contributed by atoms with Crippen LogP contribution in [-0.4, -0.2) is 22.0 Å². The number of hydrogen-bond donors (Lipinski definition) is 1. The van der Waals surface area contributed by atoms with Crippen molar-refractivity contribution < 1.29 is 4.79 Å². The standard InChI is InChI=1S/C24H20BrCl2N3O/c25-18-6-3-5-16(13-18)24(31)28-12-4-9-23-29-21-7-1-2-8-22(21)30(23)15-17-10-11-19(26)14-20(17)27/h1-3,5-8,10-11,13-14H,4,9,12,15H2,(H,28,31). The van der Waals surface area contributed by atoms with Gasteiger partial charge in [-0.15, -0.1) is 0 Å².